The van der Waals surface area contributed by atoms with E-state index in [1.807, 2.05) is 0 Å². The SMILES string of the molecule is OC(O)C1CCC(C(O)C2CCC(C(O)OOC(O)C3CCC(C(O)C4CCC(C(O)O)CC4)CC3)CC2)CC1. The molecule has 4 atom stereocenters. The Morgan fingerprint density at radius 2 is 0.500 bits per heavy atom. The van der Waals surface area contributed by atoms with Gasteiger partial charge in [0, 0.05) is 23.7 Å². The van der Waals surface area contributed by atoms with Crippen LogP contribution in [0.2, 0.25) is 0 Å². The van der Waals surface area contributed by atoms with E-state index in [1.165, 1.54) is 0 Å². The van der Waals surface area contributed by atoms with Crippen LogP contribution in [0.3, 0.4) is 0 Å². The average Bonchev–Trinajstić information content (AvgIpc) is 2.99. The van der Waals surface area contributed by atoms with E-state index in [-0.39, 0.29) is 47.3 Å². The number of aliphatic hydroxyl groups is 8. The van der Waals surface area contributed by atoms with E-state index < -0.39 is 37.4 Å². The van der Waals surface area contributed by atoms with Crippen LogP contribution in [0.5, 0.6) is 0 Å². The first kappa shape index (κ1) is 32.5. The molecule has 10 nitrogen and oxygen atoms in total. The third-order valence-electron chi connectivity index (χ3n) is 11.1. The molecule has 234 valence electrons. The van der Waals surface area contributed by atoms with Crippen LogP contribution < -0.4 is 0 Å². The van der Waals surface area contributed by atoms with Gasteiger partial charge in [-0.15, -0.1) is 0 Å². The van der Waals surface area contributed by atoms with E-state index in [2.05, 4.69) is 0 Å². The molecular formula is C30H54O10. The summed E-state index contributed by atoms with van der Waals surface area (Å²) >= 11 is 0. The summed E-state index contributed by atoms with van der Waals surface area (Å²) in [6.07, 6.45) is 6.41. The molecule has 4 saturated carbocycles. The maximum Gasteiger partial charge on any atom is 0.191 e. The summed E-state index contributed by atoms with van der Waals surface area (Å²) in [5, 5.41) is 80.5. The highest BCUT2D eigenvalue weighted by atomic mass is 17.2. The number of rotatable bonds is 11. The second-order valence-corrected chi connectivity index (χ2v) is 13.5. The fourth-order valence-corrected chi connectivity index (χ4v) is 8.15. The average molecular weight is 575 g/mol. The predicted molar refractivity (Wildman–Crippen MR) is 144 cm³/mol. The van der Waals surface area contributed by atoms with Gasteiger partial charge in [-0.2, -0.15) is 0 Å². The van der Waals surface area contributed by atoms with Crippen molar-refractivity contribution >= 4 is 0 Å². The molecule has 0 aromatic carbocycles. The lowest BCUT2D eigenvalue weighted by atomic mass is 9.71. The van der Waals surface area contributed by atoms with Crippen molar-refractivity contribution in [2.75, 3.05) is 0 Å². The van der Waals surface area contributed by atoms with Crippen molar-refractivity contribution in [3.63, 3.8) is 0 Å². The Kier molecular flexibility index (Phi) is 12.5. The van der Waals surface area contributed by atoms with Crippen LogP contribution in [-0.2, 0) is 9.78 Å². The molecule has 0 aliphatic heterocycles. The van der Waals surface area contributed by atoms with E-state index >= 15 is 0 Å². The lowest BCUT2D eigenvalue weighted by Crippen LogP contribution is -2.39. The van der Waals surface area contributed by atoms with Gasteiger partial charge in [-0.3, -0.25) is 0 Å². The van der Waals surface area contributed by atoms with Crippen LogP contribution in [-0.4, -0.2) is 78.2 Å². The maximum atomic E-state index is 10.9. The minimum absolute atomic E-state index is 0.0945. The predicted octanol–water partition coefficient (Wildman–Crippen LogP) is 2.14. The van der Waals surface area contributed by atoms with Gasteiger partial charge in [0.05, 0.1) is 12.2 Å². The number of hydrogen-bond acceptors (Lipinski definition) is 10. The van der Waals surface area contributed by atoms with Gasteiger partial charge in [0.2, 0.25) is 0 Å². The normalized spacial score (nSPS) is 39.1. The lowest BCUT2D eigenvalue weighted by molar-refractivity contribution is -0.441. The van der Waals surface area contributed by atoms with Crippen molar-refractivity contribution in [3.8, 4) is 0 Å². The zero-order chi connectivity index (χ0) is 28.8. The number of hydrogen-bond donors (Lipinski definition) is 8. The van der Waals surface area contributed by atoms with Crippen LogP contribution in [0.25, 0.3) is 0 Å². The van der Waals surface area contributed by atoms with Gasteiger partial charge in [-0.25, -0.2) is 9.78 Å². The Labute approximate surface area is 238 Å². The van der Waals surface area contributed by atoms with Crippen LogP contribution in [0.1, 0.15) is 103 Å². The fourth-order valence-electron chi connectivity index (χ4n) is 8.15. The quantitative estimate of drug-likeness (QED) is 0.103. The van der Waals surface area contributed by atoms with Crippen molar-refractivity contribution in [1.29, 1.82) is 0 Å². The summed E-state index contributed by atoms with van der Waals surface area (Å²) in [6.45, 7) is 0. The van der Waals surface area contributed by atoms with Crippen LogP contribution in [0.4, 0.5) is 0 Å². The maximum absolute atomic E-state index is 10.9. The molecule has 0 bridgehead atoms. The molecule has 40 heavy (non-hydrogen) atoms. The molecule has 0 spiro atoms. The smallest absolute Gasteiger partial charge is 0.191 e. The first-order valence-corrected chi connectivity index (χ1v) is 15.9. The summed E-state index contributed by atoms with van der Waals surface area (Å²) in [4.78, 5) is 10.5. The Balaban J connectivity index is 1.10. The van der Waals surface area contributed by atoms with Crippen LogP contribution in [0, 0.1) is 47.3 Å². The minimum atomic E-state index is -1.27. The van der Waals surface area contributed by atoms with Crippen molar-refractivity contribution in [3.05, 3.63) is 0 Å². The van der Waals surface area contributed by atoms with E-state index in [1.54, 1.807) is 0 Å². The molecule has 4 aliphatic rings. The highest BCUT2D eigenvalue weighted by Gasteiger charge is 2.39. The standard InChI is InChI=1S/C30H54O10/c31-25(17-1-9-21(10-2-17)27(33)34)19-5-13-23(14-6-19)29(37)39-40-30(38)24-15-7-20(8-16-24)26(32)18-3-11-22(12-4-18)28(35)36/h17-38H,1-16H2. The summed E-state index contributed by atoms with van der Waals surface area (Å²) in [5.74, 6) is 0.263. The molecule has 4 aliphatic carbocycles. The van der Waals surface area contributed by atoms with Gasteiger partial charge in [0.15, 0.2) is 25.2 Å². The third kappa shape index (κ3) is 8.58. The summed E-state index contributed by atoms with van der Waals surface area (Å²) in [6, 6.07) is 0. The van der Waals surface area contributed by atoms with E-state index in [0.717, 1.165) is 77.0 Å². The van der Waals surface area contributed by atoms with Crippen LogP contribution in [0.15, 0.2) is 0 Å². The zero-order valence-corrected chi connectivity index (χ0v) is 23.8. The van der Waals surface area contributed by atoms with Crippen molar-refractivity contribution in [1.82, 2.24) is 0 Å². The molecule has 0 aromatic heterocycles. The van der Waals surface area contributed by atoms with E-state index in [4.69, 9.17) is 9.78 Å². The second-order valence-electron chi connectivity index (χ2n) is 13.5. The van der Waals surface area contributed by atoms with Gasteiger partial charge in [0.1, 0.15) is 0 Å². The highest BCUT2D eigenvalue weighted by molar-refractivity contribution is 4.87. The summed E-state index contributed by atoms with van der Waals surface area (Å²) in [5.41, 5.74) is 0. The Hall–Kier alpha value is -0.400. The highest BCUT2D eigenvalue weighted by Crippen LogP contribution is 2.42. The monoisotopic (exact) mass is 574 g/mol. The fraction of sp³-hybridized carbons (Fsp3) is 1.00. The molecule has 0 amide bonds. The third-order valence-corrected chi connectivity index (χ3v) is 11.1. The van der Waals surface area contributed by atoms with Gasteiger partial charge in [-0.1, -0.05) is 0 Å². The van der Waals surface area contributed by atoms with Gasteiger partial charge < -0.3 is 40.9 Å². The Bertz CT molecular complexity index is 645. The molecule has 10 heteroatoms. The van der Waals surface area contributed by atoms with Gasteiger partial charge in [-0.05, 0) is 126 Å². The Morgan fingerprint density at radius 3 is 0.725 bits per heavy atom. The largest absolute Gasteiger partial charge is 0.393 e. The van der Waals surface area contributed by atoms with Crippen molar-refractivity contribution in [2.24, 2.45) is 47.3 Å². The molecule has 0 heterocycles. The Morgan fingerprint density at radius 1 is 0.300 bits per heavy atom. The molecule has 8 N–H and O–H groups in total. The van der Waals surface area contributed by atoms with E-state index in [9.17, 15) is 40.9 Å². The van der Waals surface area contributed by atoms with Crippen LogP contribution >= 0.6 is 0 Å². The molecule has 4 unspecified atom stereocenters. The molecule has 4 fully saturated rings. The molecule has 0 aromatic rings. The summed E-state index contributed by atoms with van der Waals surface area (Å²) in [7, 11) is 0. The summed E-state index contributed by atoms with van der Waals surface area (Å²) < 4.78 is 0. The molecule has 0 radical (unpaired) electrons. The lowest BCUT2D eigenvalue weighted by Gasteiger charge is -2.39. The molecule has 4 rings (SSSR count). The number of aliphatic hydroxyl groups excluding tert-OH is 6. The first-order chi connectivity index (χ1) is 19.1. The van der Waals surface area contributed by atoms with Crippen molar-refractivity contribution in [2.45, 2.75) is 140 Å². The van der Waals surface area contributed by atoms with E-state index in [0.29, 0.717) is 25.7 Å². The second kappa shape index (κ2) is 15.4. The van der Waals surface area contributed by atoms with Gasteiger partial charge in [0.25, 0.3) is 0 Å². The molecular weight excluding hydrogens is 520 g/mol. The first-order valence-electron chi connectivity index (χ1n) is 15.9. The zero-order valence-electron chi connectivity index (χ0n) is 23.8. The van der Waals surface area contributed by atoms with Gasteiger partial charge >= 0.3 is 0 Å². The topological polar surface area (TPSA) is 180 Å². The van der Waals surface area contributed by atoms with Crippen molar-refractivity contribution < 1.29 is 50.6 Å². The minimum Gasteiger partial charge on any atom is -0.393 e. The molecule has 0 saturated heterocycles.